The maximum atomic E-state index is 5.58. The molecule has 0 radical (unpaired) electrons. The smallest absolute Gasteiger partial charge is 0.193 e. The van der Waals surface area contributed by atoms with Gasteiger partial charge in [0.15, 0.2) is 5.96 Å². The molecule has 1 N–H and O–H groups in total. The second-order valence-electron chi connectivity index (χ2n) is 6.58. The molecule has 1 spiro atoms. The van der Waals surface area contributed by atoms with Crippen LogP contribution >= 0.6 is 0 Å². The fraction of sp³-hybridized carbons (Fsp3) is 0.941. The third-order valence-corrected chi connectivity index (χ3v) is 4.91. The fourth-order valence-corrected chi connectivity index (χ4v) is 3.34. The molecule has 1 heterocycles. The van der Waals surface area contributed by atoms with Crippen molar-refractivity contribution in [2.45, 2.75) is 45.4 Å². The number of unbranched alkanes of at least 4 members (excludes halogenated alkanes) is 1. The van der Waals surface area contributed by atoms with Crippen LogP contribution in [0.25, 0.3) is 0 Å². The van der Waals surface area contributed by atoms with Gasteiger partial charge in [-0.05, 0) is 31.1 Å². The van der Waals surface area contributed by atoms with Gasteiger partial charge in [-0.25, -0.2) is 0 Å². The van der Waals surface area contributed by atoms with Crippen molar-refractivity contribution in [2.75, 3.05) is 53.1 Å². The highest BCUT2D eigenvalue weighted by Crippen LogP contribution is 2.47. The summed E-state index contributed by atoms with van der Waals surface area (Å²) in [5.74, 6) is 1.03. The molecule has 1 saturated carbocycles. The van der Waals surface area contributed by atoms with Gasteiger partial charge >= 0.3 is 0 Å². The molecule has 0 aromatic carbocycles. The standard InChI is InChI=1S/C17H33N3O2/c1-3-4-11-21-13-14-22-12-9-19-16(18-2)20-10-8-17(15-20)6-5-7-17/h3-15H2,1-2H3,(H,18,19). The SMILES string of the molecule is CCCCOCCOCCNC(=NC)N1CCC2(CCC2)C1. The largest absolute Gasteiger partial charge is 0.379 e. The van der Waals surface area contributed by atoms with Crippen molar-refractivity contribution in [2.24, 2.45) is 10.4 Å². The van der Waals surface area contributed by atoms with E-state index >= 15 is 0 Å². The first-order chi connectivity index (χ1) is 10.8. The highest BCUT2D eigenvalue weighted by atomic mass is 16.5. The molecule has 0 aromatic rings. The summed E-state index contributed by atoms with van der Waals surface area (Å²) in [6, 6.07) is 0. The third kappa shape index (κ3) is 5.13. The van der Waals surface area contributed by atoms with Crippen LogP contribution in [0.2, 0.25) is 0 Å². The Morgan fingerprint density at radius 2 is 1.91 bits per heavy atom. The van der Waals surface area contributed by atoms with Crippen LogP contribution in [0.1, 0.15) is 45.4 Å². The Balaban J connectivity index is 1.50. The van der Waals surface area contributed by atoms with E-state index in [1.54, 1.807) is 0 Å². The topological polar surface area (TPSA) is 46.1 Å². The van der Waals surface area contributed by atoms with Crippen LogP contribution in [0.15, 0.2) is 4.99 Å². The number of nitrogens with one attached hydrogen (secondary N) is 1. The van der Waals surface area contributed by atoms with Crippen molar-refractivity contribution in [3.63, 3.8) is 0 Å². The average molecular weight is 311 g/mol. The van der Waals surface area contributed by atoms with E-state index in [4.69, 9.17) is 9.47 Å². The number of nitrogens with zero attached hydrogens (tertiary/aromatic N) is 2. The lowest BCUT2D eigenvalue weighted by Gasteiger charge is -2.38. The summed E-state index contributed by atoms with van der Waals surface area (Å²) >= 11 is 0. The van der Waals surface area contributed by atoms with Crippen LogP contribution in [0.4, 0.5) is 0 Å². The number of ether oxygens (including phenoxy) is 2. The van der Waals surface area contributed by atoms with Gasteiger partial charge in [0.05, 0.1) is 19.8 Å². The number of hydrogen-bond acceptors (Lipinski definition) is 3. The van der Waals surface area contributed by atoms with Crippen molar-refractivity contribution in [1.82, 2.24) is 10.2 Å². The highest BCUT2D eigenvalue weighted by Gasteiger charge is 2.43. The van der Waals surface area contributed by atoms with E-state index in [0.717, 1.165) is 32.1 Å². The first-order valence-electron chi connectivity index (χ1n) is 8.91. The minimum Gasteiger partial charge on any atom is -0.379 e. The van der Waals surface area contributed by atoms with Gasteiger partial charge in [-0.15, -0.1) is 0 Å². The Labute approximate surface area is 135 Å². The normalized spacial score (nSPS) is 20.5. The molecule has 0 amide bonds. The van der Waals surface area contributed by atoms with Crippen LogP contribution < -0.4 is 5.32 Å². The Morgan fingerprint density at radius 1 is 1.14 bits per heavy atom. The lowest BCUT2D eigenvalue weighted by molar-refractivity contribution is 0.0486. The van der Waals surface area contributed by atoms with Crippen LogP contribution in [-0.2, 0) is 9.47 Å². The molecule has 0 bridgehead atoms. The molecule has 22 heavy (non-hydrogen) atoms. The molecule has 2 fully saturated rings. The minimum absolute atomic E-state index is 0.615. The fourth-order valence-electron chi connectivity index (χ4n) is 3.34. The van der Waals surface area contributed by atoms with Gasteiger partial charge in [0, 0.05) is 33.3 Å². The molecule has 5 nitrogen and oxygen atoms in total. The van der Waals surface area contributed by atoms with E-state index in [1.165, 1.54) is 38.6 Å². The van der Waals surface area contributed by atoms with E-state index < -0.39 is 0 Å². The van der Waals surface area contributed by atoms with Crippen molar-refractivity contribution < 1.29 is 9.47 Å². The van der Waals surface area contributed by atoms with Crippen molar-refractivity contribution in [3.05, 3.63) is 0 Å². The first-order valence-corrected chi connectivity index (χ1v) is 8.91. The van der Waals surface area contributed by atoms with Crippen molar-refractivity contribution in [3.8, 4) is 0 Å². The summed E-state index contributed by atoms with van der Waals surface area (Å²) in [5.41, 5.74) is 0.615. The number of hydrogen-bond donors (Lipinski definition) is 1. The zero-order valence-corrected chi connectivity index (χ0v) is 14.4. The molecule has 2 aliphatic rings. The highest BCUT2D eigenvalue weighted by molar-refractivity contribution is 5.80. The van der Waals surface area contributed by atoms with Gasteiger partial charge in [-0.1, -0.05) is 19.8 Å². The second-order valence-corrected chi connectivity index (χ2v) is 6.58. The molecule has 0 atom stereocenters. The van der Waals surface area contributed by atoms with E-state index in [2.05, 4.69) is 22.1 Å². The van der Waals surface area contributed by atoms with Gasteiger partial charge in [0.25, 0.3) is 0 Å². The zero-order chi connectivity index (χ0) is 15.7. The van der Waals surface area contributed by atoms with Crippen molar-refractivity contribution in [1.29, 1.82) is 0 Å². The van der Waals surface area contributed by atoms with E-state index in [-0.39, 0.29) is 0 Å². The maximum Gasteiger partial charge on any atom is 0.193 e. The number of rotatable bonds is 9. The zero-order valence-electron chi connectivity index (χ0n) is 14.4. The molecular weight excluding hydrogens is 278 g/mol. The summed E-state index contributed by atoms with van der Waals surface area (Å²) in [4.78, 5) is 6.82. The van der Waals surface area contributed by atoms with Gasteiger partial charge in [-0.3, -0.25) is 4.99 Å². The maximum absolute atomic E-state index is 5.58. The molecule has 1 aliphatic heterocycles. The van der Waals surface area contributed by atoms with Gasteiger partial charge in [0.1, 0.15) is 0 Å². The van der Waals surface area contributed by atoms with Gasteiger partial charge in [0.2, 0.25) is 0 Å². The van der Waals surface area contributed by atoms with Crippen LogP contribution in [-0.4, -0.2) is 64.0 Å². The summed E-state index contributed by atoms with van der Waals surface area (Å²) in [5, 5.41) is 3.42. The van der Waals surface area contributed by atoms with Crippen LogP contribution in [0.3, 0.4) is 0 Å². The Morgan fingerprint density at radius 3 is 2.50 bits per heavy atom. The third-order valence-electron chi connectivity index (χ3n) is 4.91. The van der Waals surface area contributed by atoms with Crippen LogP contribution in [0.5, 0.6) is 0 Å². The molecule has 0 unspecified atom stereocenters. The van der Waals surface area contributed by atoms with E-state index in [0.29, 0.717) is 25.2 Å². The Bertz CT molecular complexity index is 343. The lowest BCUT2D eigenvalue weighted by atomic mass is 9.68. The van der Waals surface area contributed by atoms with Crippen molar-refractivity contribution >= 4 is 5.96 Å². The Hall–Kier alpha value is -0.810. The predicted molar refractivity (Wildman–Crippen MR) is 90.4 cm³/mol. The minimum atomic E-state index is 0.615. The molecule has 0 aromatic heterocycles. The second kappa shape index (κ2) is 9.36. The number of likely N-dealkylation sites (tertiary alicyclic amines) is 1. The monoisotopic (exact) mass is 311 g/mol. The molecular formula is C17H33N3O2. The summed E-state index contributed by atoms with van der Waals surface area (Å²) in [7, 11) is 1.87. The van der Waals surface area contributed by atoms with E-state index in [1.807, 2.05) is 7.05 Å². The molecule has 2 rings (SSSR count). The quantitative estimate of drug-likeness (QED) is 0.403. The Kier molecular flexibility index (Phi) is 7.46. The number of aliphatic imine (C=N–C) groups is 1. The van der Waals surface area contributed by atoms with E-state index in [9.17, 15) is 0 Å². The summed E-state index contributed by atoms with van der Waals surface area (Å²) in [6.45, 7) is 8.23. The van der Waals surface area contributed by atoms with Gasteiger partial charge < -0.3 is 19.7 Å². The predicted octanol–water partition coefficient (Wildman–Crippen LogP) is 2.27. The molecule has 1 saturated heterocycles. The molecule has 1 aliphatic carbocycles. The van der Waals surface area contributed by atoms with Gasteiger partial charge in [-0.2, -0.15) is 0 Å². The average Bonchev–Trinajstić information content (AvgIpc) is 2.95. The first kappa shape index (κ1) is 17.5. The number of guanidine groups is 1. The lowest BCUT2D eigenvalue weighted by Crippen LogP contribution is -2.43. The summed E-state index contributed by atoms with van der Waals surface area (Å²) in [6.07, 6.45) is 7.87. The molecule has 5 heteroatoms. The summed E-state index contributed by atoms with van der Waals surface area (Å²) < 4.78 is 11.1. The molecule has 128 valence electrons. The van der Waals surface area contributed by atoms with Crippen LogP contribution in [0, 0.1) is 5.41 Å².